The maximum Gasteiger partial charge on any atom is 0.400 e. The van der Waals surface area contributed by atoms with Crippen LogP contribution in [0.5, 0.6) is 0 Å². The Balaban J connectivity index is 1.63. The Hall–Kier alpha value is -2.60. The maximum absolute atomic E-state index is 12.5. The van der Waals surface area contributed by atoms with Gasteiger partial charge >= 0.3 is 18.1 Å². The van der Waals surface area contributed by atoms with Crippen LogP contribution in [0.15, 0.2) is 20.9 Å². The molecule has 1 aromatic heterocycles. The summed E-state index contributed by atoms with van der Waals surface area (Å²) in [5, 5.41) is 27.0. The van der Waals surface area contributed by atoms with Gasteiger partial charge in [-0.1, -0.05) is 11.8 Å². The number of halogens is 3. The quantitative estimate of drug-likeness (QED) is 0.262. The van der Waals surface area contributed by atoms with Crippen LogP contribution in [0.1, 0.15) is 5.89 Å². The number of aromatic nitrogens is 2. The molecule has 0 radical (unpaired) electrons. The fourth-order valence-electron chi connectivity index (χ4n) is 3.04. The summed E-state index contributed by atoms with van der Waals surface area (Å²) in [7, 11) is -2.51. The van der Waals surface area contributed by atoms with Crippen molar-refractivity contribution in [1.29, 1.82) is 0 Å². The molecule has 186 valence electrons. The summed E-state index contributed by atoms with van der Waals surface area (Å²) in [6.07, 6.45) is -5.19. The van der Waals surface area contributed by atoms with E-state index in [2.05, 4.69) is 15.5 Å². The summed E-state index contributed by atoms with van der Waals surface area (Å²) in [6, 6.07) is -1.17. The van der Waals surface area contributed by atoms with Crippen LogP contribution >= 0.6 is 23.5 Å². The van der Waals surface area contributed by atoms with E-state index < -0.39 is 70.1 Å². The lowest BCUT2D eigenvalue weighted by molar-refractivity contribution is -0.150. The Kier molecular flexibility index (Phi) is 7.91. The van der Waals surface area contributed by atoms with Crippen molar-refractivity contribution >= 4 is 58.1 Å². The molecule has 2 unspecified atom stereocenters. The summed E-state index contributed by atoms with van der Waals surface area (Å²) in [5.41, 5.74) is 0.0267. The first-order chi connectivity index (χ1) is 15.9. The van der Waals surface area contributed by atoms with Gasteiger partial charge in [0.2, 0.25) is 11.8 Å². The molecular formula is C16H15F3N4O8S3. The molecule has 3 atom stereocenters. The summed E-state index contributed by atoms with van der Waals surface area (Å²) >= 11 is 2.08. The van der Waals surface area contributed by atoms with Crippen LogP contribution in [-0.2, 0) is 36.4 Å². The summed E-state index contributed by atoms with van der Waals surface area (Å²) in [4.78, 5) is 47.9. The number of thioether (sulfide) groups is 2. The number of β-lactam (4-membered cyclic amide) rings is 1. The molecule has 2 aliphatic rings. The first-order valence-electron chi connectivity index (χ1n) is 9.13. The highest BCUT2D eigenvalue weighted by atomic mass is 32.2. The monoisotopic (exact) mass is 544 g/mol. The molecule has 0 saturated carbocycles. The molecule has 2 aliphatic heterocycles. The van der Waals surface area contributed by atoms with Crippen molar-refractivity contribution in [3.05, 3.63) is 17.2 Å². The lowest BCUT2D eigenvalue weighted by Crippen LogP contribution is -2.70. The van der Waals surface area contributed by atoms with E-state index in [0.717, 1.165) is 28.4 Å². The third kappa shape index (κ3) is 6.29. The zero-order valence-corrected chi connectivity index (χ0v) is 19.2. The van der Waals surface area contributed by atoms with Gasteiger partial charge in [0.1, 0.15) is 35.0 Å². The molecule has 2 amide bonds. The Morgan fingerprint density at radius 2 is 2.00 bits per heavy atom. The molecule has 1 fully saturated rings. The zero-order chi connectivity index (χ0) is 25.2. The Bertz CT molecular complexity index is 1080. The van der Waals surface area contributed by atoms with Gasteiger partial charge in [-0.2, -0.15) is 13.2 Å². The molecule has 18 heteroatoms. The Morgan fingerprint density at radius 1 is 1.29 bits per heavy atom. The van der Waals surface area contributed by atoms with Crippen LogP contribution in [0.2, 0.25) is 0 Å². The fourth-order valence-corrected chi connectivity index (χ4v) is 6.14. The molecule has 0 bridgehead atoms. The van der Waals surface area contributed by atoms with Crippen LogP contribution < -0.4 is 5.32 Å². The number of hydrogen-bond acceptors (Lipinski definition) is 10. The van der Waals surface area contributed by atoms with Gasteiger partial charge in [-0.3, -0.25) is 23.5 Å². The molecule has 34 heavy (non-hydrogen) atoms. The van der Waals surface area contributed by atoms with E-state index in [9.17, 15) is 41.7 Å². The van der Waals surface area contributed by atoms with E-state index >= 15 is 0 Å². The number of carboxylic acids is 2. The number of aliphatic carboxylic acids is 2. The zero-order valence-electron chi connectivity index (χ0n) is 16.7. The largest absolute Gasteiger partial charge is 0.481 e. The minimum atomic E-state index is -4.71. The number of hydrogen-bond donors (Lipinski definition) is 3. The minimum Gasteiger partial charge on any atom is -0.481 e. The SMILES string of the molecule is O=C(O)Cc1nnc(SCC2=C(C(=O)O)N3C(=O)C(NC(=O)CS(=O)CC(F)(F)F)[C@@H]3SC2)o1. The normalized spacial score (nSPS) is 21.0. The molecular weight excluding hydrogens is 529 g/mol. The van der Waals surface area contributed by atoms with E-state index in [0.29, 0.717) is 5.57 Å². The number of nitrogens with one attached hydrogen (secondary N) is 1. The molecule has 3 N–H and O–H groups in total. The first kappa shape index (κ1) is 26.0. The van der Waals surface area contributed by atoms with Crippen molar-refractivity contribution < 1.29 is 51.2 Å². The topological polar surface area (TPSA) is 180 Å². The third-order valence-corrected chi connectivity index (χ3v) is 7.78. The van der Waals surface area contributed by atoms with Gasteiger partial charge in [0, 0.05) is 22.3 Å². The minimum absolute atomic E-state index is 0.00699. The lowest BCUT2D eigenvalue weighted by Gasteiger charge is -2.49. The molecule has 0 spiro atoms. The van der Waals surface area contributed by atoms with Gasteiger partial charge in [0.15, 0.2) is 0 Å². The maximum atomic E-state index is 12.5. The van der Waals surface area contributed by atoms with Crippen LogP contribution in [0, 0.1) is 0 Å². The second kappa shape index (κ2) is 10.3. The van der Waals surface area contributed by atoms with E-state index in [4.69, 9.17) is 9.52 Å². The highest BCUT2D eigenvalue weighted by molar-refractivity contribution is 8.01. The predicted octanol–water partition coefficient (Wildman–Crippen LogP) is -0.162. The molecule has 12 nitrogen and oxygen atoms in total. The Morgan fingerprint density at radius 3 is 2.62 bits per heavy atom. The highest BCUT2D eigenvalue weighted by Crippen LogP contribution is 2.41. The summed E-state index contributed by atoms with van der Waals surface area (Å²) in [5.74, 6) is -6.91. The number of alkyl halides is 3. The number of carboxylic acid groups (broad SMARTS) is 2. The molecule has 1 aromatic rings. The van der Waals surface area contributed by atoms with Crippen molar-refractivity contribution in [3.8, 4) is 0 Å². The molecule has 3 rings (SSSR count). The highest BCUT2D eigenvalue weighted by Gasteiger charge is 2.54. The van der Waals surface area contributed by atoms with Crippen LogP contribution in [0.4, 0.5) is 13.2 Å². The van der Waals surface area contributed by atoms with Gasteiger partial charge in [0.05, 0.1) is 0 Å². The summed E-state index contributed by atoms with van der Waals surface area (Å²) in [6.45, 7) is 0. The number of carbonyl (C=O) groups excluding carboxylic acids is 2. The smallest absolute Gasteiger partial charge is 0.400 e. The standard InChI is InChI=1S/C16H15F3N4O8S3/c17-16(18,19)5-34(30)4-7(24)20-10-12(27)23-11(14(28)29)6(2-32-13(10)23)3-33-15-22-21-8(31-15)1-9(25)26/h10,13H,1-5H2,(H,20,24)(H,25,26)(H,28,29)/t10?,13-,34?/m0/s1. The number of carbonyl (C=O) groups is 4. The van der Waals surface area contributed by atoms with Crippen LogP contribution in [-0.4, -0.2) is 93.9 Å². The van der Waals surface area contributed by atoms with Crippen LogP contribution in [0.25, 0.3) is 0 Å². The first-order valence-corrected chi connectivity index (χ1v) is 12.7. The van der Waals surface area contributed by atoms with Crippen molar-refractivity contribution in [2.75, 3.05) is 23.0 Å². The predicted molar refractivity (Wildman–Crippen MR) is 110 cm³/mol. The van der Waals surface area contributed by atoms with E-state index in [-0.39, 0.29) is 28.3 Å². The van der Waals surface area contributed by atoms with Gasteiger partial charge in [-0.25, -0.2) is 4.79 Å². The van der Waals surface area contributed by atoms with Crippen molar-refractivity contribution in [2.45, 2.75) is 29.2 Å². The van der Waals surface area contributed by atoms with Gasteiger partial charge in [-0.05, 0) is 5.57 Å². The third-order valence-electron chi connectivity index (χ3n) is 4.30. The number of nitrogens with zero attached hydrogens (tertiary/aromatic N) is 3. The fraction of sp³-hybridized carbons (Fsp3) is 0.500. The summed E-state index contributed by atoms with van der Waals surface area (Å²) < 4.78 is 53.4. The molecule has 0 aliphatic carbocycles. The van der Waals surface area contributed by atoms with Crippen molar-refractivity contribution in [2.24, 2.45) is 0 Å². The van der Waals surface area contributed by atoms with Gasteiger partial charge in [0.25, 0.3) is 11.1 Å². The lowest BCUT2D eigenvalue weighted by atomic mass is 10.0. The second-order valence-corrected chi connectivity index (χ2v) is 10.4. The van der Waals surface area contributed by atoms with Gasteiger partial charge in [-0.15, -0.1) is 22.0 Å². The Labute approximate surface area is 199 Å². The number of fused-ring (bicyclic) bond motifs is 1. The van der Waals surface area contributed by atoms with Crippen LogP contribution in [0.3, 0.4) is 0 Å². The average Bonchev–Trinajstić information content (AvgIpc) is 3.14. The average molecular weight is 545 g/mol. The van der Waals surface area contributed by atoms with Gasteiger partial charge < -0.3 is 19.9 Å². The number of amides is 2. The second-order valence-electron chi connectivity index (χ2n) is 6.88. The van der Waals surface area contributed by atoms with E-state index in [1.807, 2.05) is 0 Å². The molecule has 1 saturated heterocycles. The van der Waals surface area contributed by atoms with E-state index in [1.54, 1.807) is 0 Å². The van der Waals surface area contributed by atoms with Crippen molar-refractivity contribution in [3.63, 3.8) is 0 Å². The number of rotatable bonds is 10. The van der Waals surface area contributed by atoms with E-state index in [1.165, 1.54) is 0 Å². The molecule has 0 aromatic carbocycles. The molecule has 3 heterocycles. The van der Waals surface area contributed by atoms with Crippen molar-refractivity contribution in [1.82, 2.24) is 20.4 Å².